The van der Waals surface area contributed by atoms with Gasteiger partial charge in [0.15, 0.2) is 0 Å². The van der Waals surface area contributed by atoms with Crippen LogP contribution in [-0.4, -0.2) is 24.4 Å². The molecule has 0 aliphatic heterocycles. The second-order valence-corrected chi connectivity index (χ2v) is 5.84. The van der Waals surface area contributed by atoms with Gasteiger partial charge in [-0.25, -0.2) is 0 Å². The first-order valence-electron chi connectivity index (χ1n) is 7.35. The van der Waals surface area contributed by atoms with E-state index in [0.717, 1.165) is 0 Å². The normalized spacial score (nSPS) is 10.6. The molecule has 3 aromatic rings. The van der Waals surface area contributed by atoms with Crippen LogP contribution >= 0.6 is 23.2 Å². The van der Waals surface area contributed by atoms with Crippen molar-refractivity contribution in [3.63, 3.8) is 0 Å². The summed E-state index contributed by atoms with van der Waals surface area (Å²) in [6.45, 7) is 0.304. The van der Waals surface area contributed by atoms with Gasteiger partial charge in [0.05, 0.1) is 42.1 Å². The molecule has 6 nitrogen and oxygen atoms in total. The largest absolute Gasteiger partial charge is 0.495 e. The summed E-state index contributed by atoms with van der Waals surface area (Å²) in [6.07, 6.45) is 0. The van der Waals surface area contributed by atoms with Gasteiger partial charge in [0.25, 0.3) is 0 Å². The number of nitrogens with zero attached hydrogens (tertiary/aromatic N) is 2. The molecule has 3 rings (SSSR count). The Kier molecular flexibility index (Phi) is 5.31. The molecule has 0 aliphatic rings. The number of methoxy groups -OCH3 is 2. The standard InChI is InChI=1S/C17H15Cl2N3O3/c1-23-14-8-13(15(24-2)7-12(14)19)20-9-16-21-22-17(25-16)10-5-3-4-6-11(10)18/h3-8,20H,9H2,1-2H3. The highest BCUT2D eigenvalue weighted by atomic mass is 35.5. The van der Waals surface area contributed by atoms with E-state index in [1.807, 2.05) is 18.2 Å². The molecule has 1 N–H and O–H groups in total. The lowest BCUT2D eigenvalue weighted by Gasteiger charge is -2.12. The minimum atomic E-state index is 0.304. The molecular weight excluding hydrogens is 365 g/mol. The van der Waals surface area contributed by atoms with Crippen LogP contribution in [0, 0.1) is 0 Å². The Labute approximate surface area is 154 Å². The lowest BCUT2D eigenvalue weighted by molar-refractivity contribution is 0.404. The second kappa shape index (κ2) is 7.63. The van der Waals surface area contributed by atoms with Crippen molar-refractivity contribution in [2.75, 3.05) is 19.5 Å². The molecule has 2 aromatic carbocycles. The molecule has 0 fully saturated rings. The molecule has 0 saturated carbocycles. The number of benzene rings is 2. The molecule has 0 atom stereocenters. The summed E-state index contributed by atoms with van der Waals surface area (Å²) >= 11 is 12.2. The third kappa shape index (κ3) is 3.81. The molecule has 0 bridgehead atoms. The number of hydrogen-bond donors (Lipinski definition) is 1. The quantitative estimate of drug-likeness (QED) is 0.670. The molecule has 0 aliphatic carbocycles. The number of anilines is 1. The fourth-order valence-electron chi connectivity index (χ4n) is 2.24. The summed E-state index contributed by atoms with van der Waals surface area (Å²) in [5.74, 6) is 1.89. The molecule has 8 heteroatoms. The van der Waals surface area contributed by atoms with Gasteiger partial charge in [0.2, 0.25) is 11.8 Å². The van der Waals surface area contributed by atoms with E-state index < -0.39 is 0 Å². The molecule has 0 radical (unpaired) electrons. The molecule has 0 saturated heterocycles. The number of aromatic nitrogens is 2. The molecular formula is C17H15Cl2N3O3. The smallest absolute Gasteiger partial charge is 0.249 e. The van der Waals surface area contributed by atoms with Crippen LogP contribution in [0.4, 0.5) is 5.69 Å². The molecule has 130 valence electrons. The van der Waals surface area contributed by atoms with E-state index in [-0.39, 0.29) is 0 Å². The van der Waals surface area contributed by atoms with Crippen LogP contribution in [-0.2, 0) is 6.54 Å². The summed E-state index contributed by atoms with van der Waals surface area (Å²) in [4.78, 5) is 0. The molecule has 0 spiro atoms. The van der Waals surface area contributed by atoms with Gasteiger partial charge in [-0.1, -0.05) is 35.3 Å². The Morgan fingerprint density at radius 1 is 1.00 bits per heavy atom. The first-order chi connectivity index (χ1) is 12.1. The highest BCUT2D eigenvalue weighted by Gasteiger charge is 2.13. The molecule has 1 heterocycles. The lowest BCUT2D eigenvalue weighted by Crippen LogP contribution is -2.02. The van der Waals surface area contributed by atoms with Crippen LogP contribution < -0.4 is 14.8 Å². The maximum Gasteiger partial charge on any atom is 0.249 e. The first kappa shape index (κ1) is 17.4. The zero-order valence-corrected chi connectivity index (χ0v) is 15.1. The van der Waals surface area contributed by atoms with Gasteiger partial charge in [-0.2, -0.15) is 0 Å². The predicted octanol–water partition coefficient (Wildman–Crippen LogP) is 4.67. The molecule has 25 heavy (non-hydrogen) atoms. The minimum absolute atomic E-state index is 0.304. The summed E-state index contributed by atoms with van der Waals surface area (Å²) in [5.41, 5.74) is 1.38. The summed E-state index contributed by atoms with van der Waals surface area (Å²) < 4.78 is 16.2. The van der Waals surface area contributed by atoms with Crippen molar-refractivity contribution in [1.82, 2.24) is 10.2 Å². The van der Waals surface area contributed by atoms with Gasteiger partial charge in [-0.05, 0) is 12.1 Å². The topological polar surface area (TPSA) is 69.4 Å². The number of nitrogens with one attached hydrogen (secondary N) is 1. The fourth-order valence-corrected chi connectivity index (χ4v) is 2.69. The van der Waals surface area contributed by atoms with Crippen LogP contribution in [0.15, 0.2) is 40.8 Å². The second-order valence-electron chi connectivity index (χ2n) is 5.02. The summed E-state index contributed by atoms with van der Waals surface area (Å²) in [7, 11) is 3.11. The third-order valence-corrected chi connectivity index (χ3v) is 4.10. The summed E-state index contributed by atoms with van der Waals surface area (Å²) in [5, 5.41) is 12.2. The van der Waals surface area contributed by atoms with Crippen molar-refractivity contribution in [2.24, 2.45) is 0 Å². The molecule has 0 unspecified atom stereocenters. The monoisotopic (exact) mass is 379 g/mol. The number of ether oxygens (including phenoxy) is 2. The molecule has 0 amide bonds. The van der Waals surface area contributed by atoms with E-state index in [4.69, 9.17) is 37.1 Å². The van der Waals surface area contributed by atoms with Crippen LogP contribution in [0.2, 0.25) is 10.0 Å². The van der Waals surface area contributed by atoms with Gasteiger partial charge in [0, 0.05) is 12.1 Å². The maximum atomic E-state index is 6.14. The van der Waals surface area contributed by atoms with Gasteiger partial charge >= 0.3 is 0 Å². The van der Waals surface area contributed by atoms with Crippen LogP contribution in [0.5, 0.6) is 11.5 Å². The van der Waals surface area contributed by atoms with Crippen molar-refractivity contribution in [3.05, 3.63) is 52.3 Å². The Morgan fingerprint density at radius 2 is 1.76 bits per heavy atom. The summed E-state index contributed by atoms with van der Waals surface area (Å²) in [6, 6.07) is 10.7. The van der Waals surface area contributed by atoms with E-state index in [9.17, 15) is 0 Å². The Balaban J connectivity index is 1.78. The van der Waals surface area contributed by atoms with Crippen molar-refractivity contribution in [1.29, 1.82) is 0 Å². The van der Waals surface area contributed by atoms with Gasteiger partial charge in [-0.15, -0.1) is 10.2 Å². The van der Waals surface area contributed by atoms with Crippen molar-refractivity contribution in [3.8, 4) is 23.0 Å². The van der Waals surface area contributed by atoms with Gasteiger partial charge in [-0.3, -0.25) is 0 Å². The maximum absolute atomic E-state index is 6.14. The lowest BCUT2D eigenvalue weighted by atomic mass is 10.2. The SMILES string of the molecule is COc1cc(NCc2nnc(-c3ccccc3Cl)o2)c(OC)cc1Cl. The van der Waals surface area contributed by atoms with Crippen LogP contribution in [0.3, 0.4) is 0 Å². The van der Waals surface area contributed by atoms with Gasteiger partial charge < -0.3 is 19.2 Å². The highest BCUT2D eigenvalue weighted by molar-refractivity contribution is 6.33. The van der Waals surface area contributed by atoms with Crippen molar-refractivity contribution >= 4 is 28.9 Å². The number of hydrogen-bond acceptors (Lipinski definition) is 6. The van der Waals surface area contributed by atoms with Crippen LogP contribution in [0.1, 0.15) is 5.89 Å². The Morgan fingerprint density at radius 3 is 2.48 bits per heavy atom. The fraction of sp³-hybridized carbons (Fsp3) is 0.176. The third-order valence-electron chi connectivity index (χ3n) is 3.48. The Bertz CT molecular complexity index is 883. The van der Waals surface area contributed by atoms with E-state index in [1.54, 1.807) is 32.4 Å². The Hall–Kier alpha value is -2.44. The minimum Gasteiger partial charge on any atom is -0.495 e. The van der Waals surface area contributed by atoms with E-state index >= 15 is 0 Å². The van der Waals surface area contributed by atoms with Gasteiger partial charge in [0.1, 0.15) is 11.5 Å². The van der Waals surface area contributed by atoms with Crippen LogP contribution in [0.25, 0.3) is 11.5 Å². The zero-order chi connectivity index (χ0) is 17.8. The van der Waals surface area contributed by atoms with E-state index in [0.29, 0.717) is 51.1 Å². The number of rotatable bonds is 6. The van der Waals surface area contributed by atoms with E-state index in [1.165, 1.54) is 0 Å². The molecule has 1 aromatic heterocycles. The first-order valence-corrected chi connectivity index (χ1v) is 8.10. The average molecular weight is 380 g/mol. The average Bonchev–Trinajstić information content (AvgIpc) is 3.09. The van der Waals surface area contributed by atoms with Crippen molar-refractivity contribution in [2.45, 2.75) is 6.54 Å². The van der Waals surface area contributed by atoms with E-state index in [2.05, 4.69) is 15.5 Å². The predicted molar refractivity (Wildman–Crippen MR) is 96.6 cm³/mol. The number of halogens is 2. The zero-order valence-electron chi connectivity index (χ0n) is 13.5. The van der Waals surface area contributed by atoms with Crippen molar-refractivity contribution < 1.29 is 13.9 Å². The highest BCUT2D eigenvalue weighted by Crippen LogP contribution is 2.36.